The highest BCUT2D eigenvalue weighted by atomic mass is 28.3. The van der Waals surface area contributed by atoms with Crippen molar-refractivity contribution in [2.24, 2.45) is 0 Å². The minimum absolute atomic E-state index is 0.0197. The van der Waals surface area contributed by atoms with Crippen LogP contribution in [-0.4, -0.2) is 18.1 Å². The molecule has 0 fully saturated rings. The number of benzene rings is 1. The zero-order chi connectivity index (χ0) is 17.8. The average Bonchev–Trinajstić information content (AvgIpc) is 2.53. The van der Waals surface area contributed by atoms with E-state index in [1.807, 2.05) is 13.8 Å². The Morgan fingerprint density at radius 1 is 1.09 bits per heavy atom. The maximum atomic E-state index is 12.6. The molecule has 1 aromatic rings. The van der Waals surface area contributed by atoms with Gasteiger partial charge in [-0.1, -0.05) is 25.6 Å². The van der Waals surface area contributed by atoms with E-state index >= 15 is 0 Å². The number of rotatable bonds is 1. The van der Waals surface area contributed by atoms with Crippen LogP contribution in [-0.2, 0) is 16.3 Å². The Labute approximate surface area is 138 Å². The van der Waals surface area contributed by atoms with Gasteiger partial charge in [0.2, 0.25) is 0 Å². The molecule has 1 aromatic carbocycles. The second-order valence-electron chi connectivity index (χ2n) is 8.08. The van der Waals surface area contributed by atoms with Crippen molar-refractivity contribution in [2.75, 3.05) is 0 Å². The zero-order valence-electron chi connectivity index (χ0n) is 14.8. The molecule has 0 bridgehead atoms. The van der Waals surface area contributed by atoms with Gasteiger partial charge in [0.25, 0.3) is 5.69 Å². The van der Waals surface area contributed by atoms with Gasteiger partial charge in [-0.25, -0.2) is 0 Å². The molecule has 0 spiro atoms. The van der Waals surface area contributed by atoms with E-state index in [-0.39, 0.29) is 5.69 Å². The Morgan fingerprint density at radius 2 is 1.57 bits per heavy atom. The molecule has 6 heteroatoms. The zero-order valence-corrected chi connectivity index (χ0v) is 15.8. The Morgan fingerprint density at radius 3 is 2.00 bits per heavy atom. The van der Waals surface area contributed by atoms with Gasteiger partial charge < -0.3 is 0 Å². The lowest BCUT2D eigenvalue weighted by Crippen LogP contribution is -2.41. The molecule has 0 atom stereocenters. The van der Waals surface area contributed by atoms with Crippen molar-refractivity contribution in [2.45, 2.75) is 58.4 Å². The number of nitro benzene ring substituents is 1. The van der Waals surface area contributed by atoms with Crippen LogP contribution < -0.4 is 0 Å². The fraction of sp³-hybridized carbons (Fsp3) is 0.529. The molecule has 1 aliphatic heterocycles. The summed E-state index contributed by atoms with van der Waals surface area (Å²) in [5.74, 6) is 2.99. The van der Waals surface area contributed by atoms with Crippen molar-refractivity contribution in [3.63, 3.8) is 0 Å². The molecule has 123 valence electrons. The van der Waals surface area contributed by atoms with Crippen LogP contribution in [0.3, 0.4) is 0 Å². The van der Waals surface area contributed by atoms with E-state index in [4.69, 9.17) is 0 Å². The van der Waals surface area contributed by atoms with Gasteiger partial charge in [0.15, 0.2) is 0 Å². The fourth-order valence-corrected chi connectivity index (χ4v) is 3.53. The second-order valence-corrected chi connectivity index (χ2v) is 12.8. The van der Waals surface area contributed by atoms with Gasteiger partial charge in [0, 0.05) is 6.07 Å². The van der Waals surface area contributed by atoms with Gasteiger partial charge in [-0.15, -0.1) is 15.8 Å². The third-order valence-corrected chi connectivity index (χ3v) is 5.11. The molecule has 0 saturated heterocycles. The summed E-state index contributed by atoms with van der Waals surface area (Å²) in [6, 6.07) is 3.27. The lowest BCUT2D eigenvalue weighted by Gasteiger charge is -2.32. The molecule has 23 heavy (non-hydrogen) atoms. The highest BCUT2D eigenvalue weighted by Gasteiger charge is 2.51. The minimum Gasteiger partial charge on any atom is -0.258 e. The predicted octanol–water partition coefficient (Wildman–Crippen LogP) is 3.96. The number of nitrogens with zero attached hydrogens (tertiary/aromatic N) is 2. The van der Waals surface area contributed by atoms with Crippen LogP contribution in [0.4, 0.5) is 5.69 Å². The summed E-state index contributed by atoms with van der Waals surface area (Å²) in [5.41, 5.74) is 3.56. The van der Waals surface area contributed by atoms with Crippen molar-refractivity contribution >= 4 is 13.8 Å². The number of hydrogen-bond donors (Lipinski definition) is 0. The summed E-state index contributed by atoms with van der Waals surface area (Å²) in [5, 5.41) is 25.1. The largest absolute Gasteiger partial charge is 0.285 e. The van der Waals surface area contributed by atoms with Gasteiger partial charge in [-0.2, -0.15) is 0 Å². The van der Waals surface area contributed by atoms with E-state index in [9.17, 15) is 15.3 Å². The van der Waals surface area contributed by atoms with E-state index < -0.39 is 24.1 Å². The van der Waals surface area contributed by atoms with E-state index in [0.717, 1.165) is 10.6 Å². The highest BCUT2D eigenvalue weighted by Crippen LogP contribution is 2.49. The molecule has 2 rings (SSSR count). The van der Waals surface area contributed by atoms with E-state index in [1.54, 1.807) is 19.9 Å². The van der Waals surface area contributed by atoms with Crippen molar-refractivity contribution in [1.29, 1.82) is 0 Å². The van der Waals surface area contributed by atoms with Crippen LogP contribution in [0.15, 0.2) is 12.1 Å². The first-order chi connectivity index (χ1) is 10.3. The normalized spacial score (nSPS) is 19.0. The Bertz CT molecular complexity index is 737. The summed E-state index contributed by atoms with van der Waals surface area (Å²) in [6.07, 6.45) is 0. The maximum absolute atomic E-state index is 12.6. The smallest absolute Gasteiger partial charge is 0.258 e. The first-order valence-corrected chi connectivity index (χ1v) is 11.1. The SMILES string of the molecule is CC1(C)c2cc(C#C[Si](C)(C)C)c([N+](=O)[O-])cc2C(C)(C)N1[O]. The number of hydroxylamine groups is 2. The first-order valence-electron chi connectivity index (χ1n) is 7.62. The standard InChI is InChI=1S/C17H23N2O3Si/c1-16(2)13-10-12(8-9-23(5,6)7)15(18(20)21)11-14(13)17(3,4)19(16)22/h10-11H,1-7H3. The molecule has 0 N–H and O–H groups in total. The highest BCUT2D eigenvalue weighted by molar-refractivity contribution is 6.83. The third-order valence-electron chi connectivity index (χ3n) is 4.24. The monoisotopic (exact) mass is 331 g/mol. The number of hydrogen-bond acceptors (Lipinski definition) is 3. The molecule has 1 aliphatic rings. The predicted molar refractivity (Wildman–Crippen MR) is 91.9 cm³/mol. The van der Waals surface area contributed by atoms with Crippen molar-refractivity contribution in [3.05, 3.63) is 38.9 Å². The Hall–Kier alpha value is -1.68. The molecular formula is C17H23N2O3Si. The van der Waals surface area contributed by atoms with E-state index in [1.165, 1.54) is 6.07 Å². The van der Waals surface area contributed by atoms with Crippen LogP contribution in [0, 0.1) is 21.6 Å². The molecule has 0 aliphatic carbocycles. The van der Waals surface area contributed by atoms with Gasteiger partial charge >= 0.3 is 0 Å². The quantitative estimate of drug-likeness (QED) is 0.339. The topological polar surface area (TPSA) is 66.3 Å². The molecule has 0 amide bonds. The second kappa shape index (κ2) is 5.16. The van der Waals surface area contributed by atoms with Crippen LogP contribution in [0.1, 0.15) is 44.4 Å². The average molecular weight is 331 g/mol. The maximum Gasteiger partial charge on any atom is 0.285 e. The lowest BCUT2D eigenvalue weighted by atomic mass is 9.88. The number of nitro groups is 1. The molecule has 0 unspecified atom stereocenters. The summed E-state index contributed by atoms with van der Waals surface area (Å²) in [6.45, 7) is 13.5. The molecule has 0 aromatic heterocycles. The van der Waals surface area contributed by atoms with Crippen LogP contribution in [0.5, 0.6) is 0 Å². The van der Waals surface area contributed by atoms with E-state index in [0.29, 0.717) is 11.1 Å². The summed E-state index contributed by atoms with van der Waals surface area (Å²) >= 11 is 0. The van der Waals surface area contributed by atoms with Crippen LogP contribution >= 0.6 is 0 Å². The Kier molecular flexibility index (Phi) is 3.97. The third kappa shape index (κ3) is 2.92. The van der Waals surface area contributed by atoms with Gasteiger partial charge in [-0.3, -0.25) is 10.1 Å². The summed E-state index contributed by atoms with van der Waals surface area (Å²) < 4.78 is 0. The summed E-state index contributed by atoms with van der Waals surface area (Å²) in [7, 11) is -1.66. The van der Waals surface area contributed by atoms with Crippen molar-refractivity contribution in [1.82, 2.24) is 5.06 Å². The molecular weight excluding hydrogens is 308 g/mol. The molecule has 0 saturated carbocycles. The molecule has 1 radical (unpaired) electrons. The molecule has 1 heterocycles. The van der Waals surface area contributed by atoms with Crippen molar-refractivity contribution < 1.29 is 10.1 Å². The lowest BCUT2D eigenvalue weighted by molar-refractivity contribution is -0.385. The van der Waals surface area contributed by atoms with Gasteiger partial charge in [0.05, 0.1) is 16.0 Å². The molecule has 5 nitrogen and oxygen atoms in total. The fourth-order valence-electron chi connectivity index (χ4n) is 3.02. The van der Waals surface area contributed by atoms with Crippen LogP contribution in [0.2, 0.25) is 19.6 Å². The van der Waals surface area contributed by atoms with Gasteiger partial charge in [0.1, 0.15) is 13.6 Å². The van der Waals surface area contributed by atoms with Crippen molar-refractivity contribution in [3.8, 4) is 11.5 Å². The number of fused-ring (bicyclic) bond motifs is 1. The van der Waals surface area contributed by atoms with Gasteiger partial charge in [-0.05, 0) is 44.9 Å². The first kappa shape index (κ1) is 17.7. The van der Waals surface area contributed by atoms with E-state index in [2.05, 4.69) is 31.1 Å². The Balaban J connectivity index is 2.76. The summed E-state index contributed by atoms with van der Waals surface area (Å²) in [4.78, 5) is 11.0. The minimum atomic E-state index is -1.66. The van der Waals surface area contributed by atoms with Crippen LogP contribution in [0.25, 0.3) is 0 Å².